The van der Waals surface area contributed by atoms with E-state index in [4.69, 9.17) is 5.73 Å². The normalized spacial score (nSPS) is 9.04. The number of hydrogen-bond donors (Lipinski definition) is 4. The van der Waals surface area contributed by atoms with Crippen LogP contribution in [0.25, 0.3) is 0 Å². The van der Waals surface area contributed by atoms with Gasteiger partial charge in [-0.3, -0.25) is 9.59 Å². The van der Waals surface area contributed by atoms with Crippen molar-refractivity contribution in [1.82, 2.24) is 16.0 Å². The lowest BCUT2D eigenvalue weighted by Gasteiger charge is -2.03. The van der Waals surface area contributed by atoms with Crippen LogP contribution in [0.5, 0.6) is 0 Å². The molecular formula is C19H36N4O2. The Hall–Kier alpha value is -1.92. The third-order valence-corrected chi connectivity index (χ3v) is 2.96. The molecule has 0 aromatic heterocycles. The number of nitrogens with one attached hydrogen (secondary N) is 3. The Kier molecular flexibility index (Phi) is 18.7. The highest BCUT2D eigenvalue weighted by atomic mass is 16.2. The quantitative estimate of drug-likeness (QED) is 0.572. The third kappa shape index (κ3) is 14.2. The molecule has 0 aliphatic carbocycles. The first kappa shape index (κ1) is 25.3. The predicted molar refractivity (Wildman–Crippen MR) is 106 cm³/mol. The minimum Gasteiger partial charge on any atom is -0.355 e. The van der Waals surface area contributed by atoms with Gasteiger partial charge in [-0.25, -0.2) is 0 Å². The molecule has 0 bridgehead atoms. The van der Waals surface area contributed by atoms with Gasteiger partial charge in [-0.05, 0) is 37.6 Å². The van der Waals surface area contributed by atoms with Crippen LogP contribution in [0.4, 0.5) is 0 Å². The SMILES string of the molecule is CC.CCCNC(=O)CNC.CCc1ccc(C(=O)NCCN)cc1. The molecule has 6 heteroatoms. The lowest BCUT2D eigenvalue weighted by Crippen LogP contribution is -2.32. The first-order valence-corrected chi connectivity index (χ1v) is 9.07. The van der Waals surface area contributed by atoms with Gasteiger partial charge in [-0.2, -0.15) is 0 Å². The van der Waals surface area contributed by atoms with Crippen LogP contribution in [-0.4, -0.2) is 45.0 Å². The number of benzene rings is 1. The van der Waals surface area contributed by atoms with E-state index in [1.165, 1.54) is 5.56 Å². The Bertz CT molecular complexity index is 447. The fraction of sp³-hybridized carbons (Fsp3) is 0.579. The number of nitrogens with two attached hydrogens (primary N) is 1. The van der Waals surface area contributed by atoms with Crippen LogP contribution in [0.3, 0.4) is 0 Å². The molecule has 2 amide bonds. The van der Waals surface area contributed by atoms with Gasteiger partial charge in [0.25, 0.3) is 5.91 Å². The van der Waals surface area contributed by atoms with Crippen LogP contribution in [0.1, 0.15) is 50.0 Å². The Morgan fingerprint density at radius 2 is 1.60 bits per heavy atom. The number of rotatable bonds is 8. The largest absolute Gasteiger partial charge is 0.355 e. The minimum absolute atomic E-state index is 0.0573. The van der Waals surface area contributed by atoms with Gasteiger partial charge in [0.1, 0.15) is 0 Å². The van der Waals surface area contributed by atoms with E-state index in [0.717, 1.165) is 19.4 Å². The van der Waals surface area contributed by atoms with E-state index in [1.54, 1.807) is 7.05 Å². The predicted octanol–water partition coefficient (Wildman–Crippen LogP) is 1.70. The van der Waals surface area contributed by atoms with E-state index in [-0.39, 0.29) is 11.8 Å². The van der Waals surface area contributed by atoms with Crippen molar-refractivity contribution < 1.29 is 9.59 Å². The lowest BCUT2D eigenvalue weighted by atomic mass is 10.1. The summed E-state index contributed by atoms with van der Waals surface area (Å²) in [5.41, 5.74) is 7.21. The van der Waals surface area contributed by atoms with Gasteiger partial charge in [0.05, 0.1) is 6.54 Å². The summed E-state index contributed by atoms with van der Waals surface area (Å²) in [6.07, 6.45) is 1.99. The maximum atomic E-state index is 11.4. The molecule has 0 saturated heterocycles. The molecule has 25 heavy (non-hydrogen) atoms. The van der Waals surface area contributed by atoms with E-state index in [2.05, 4.69) is 22.9 Å². The first-order valence-electron chi connectivity index (χ1n) is 9.07. The molecular weight excluding hydrogens is 316 g/mol. The van der Waals surface area contributed by atoms with Crippen molar-refractivity contribution in [2.24, 2.45) is 5.73 Å². The second-order valence-electron chi connectivity index (χ2n) is 4.98. The molecule has 1 aromatic carbocycles. The summed E-state index contributed by atoms with van der Waals surface area (Å²) in [7, 11) is 1.76. The van der Waals surface area contributed by atoms with Crippen molar-refractivity contribution in [3.05, 3.63) is 35.4 Å². The molecule has 1 aromatic rings. The Balaban J connectivity index is 0. The van der Waals surface area contributed by atoms with Crippen molar-refractivity contribution in [3.8, 4) is 0 Å². The van der Waals surface area contributed by atoms with Crippen LogP contribution in [0.15, 0.2) is 24.3 Å². The van der Waals surface area contributed by atoms with Gasteiger partial charge in [-0.1, -0.05) is 39.8 Å². The number of likely N-dealkylation sites (N-methyl/N-ethyl adjacent to an activating group) is 1. The summed E-state index contributed by atoms with van der Waals surface area (Å²) in [5.74, 6) is 0.0115. The highest BCUT2D eigenvalue weighted by molar-refractivity contribution is 5.94. The van der Waals surface area contributed by atoms with Gasteiger partial charge >= 0.3 is 0 Å². The second kappa shape index (κ2) is 18.4. The fourth-order valence-corrected chi connectivity index (χ4v) is 1.67. The van der Waals surface area contributed by atoms with Gasteiger partial charge in [-0.15, -0.1) is 0 Å². The first-order chi connectivity index (χ1) is 12.1. The van der Waals surface area contributed by atoms with Crippen LogP contribution in [0.2, 0.25) is 0 Å². The molecule has 0 saturated carbocycles. The van der Waals surface area contributed by atoms with Gasteiger partial charge < -0.3 is 21.7 Å². The van der Waals surface area contributed by atoms with E-state index >= 15 is 0 Å². The summed E-state index contributed by atoms with van der Waals surface area (Å²) in [5, 5.41) is 8.22. The van der Waals surface area contributed by atoms with Crippen molar-refractivity contribution >= 4 is 11.8 Å². The zero-order chi connectivity index (χ0) is 19.5. The van der Waals surface area contributed by atoms with Gasteiger partial charge in [0.15, 0.2) is 0 Å². The summed E-state index contributed by atoms with van der Waals surface area (Å²) in [6.45, 7) is 10.3. The van der Waals surface area contributed by atoms with Gasteiger partial charge in [0.2, 0.25) is 5.91 Å². The molecule has 0 radical (unpaired) electrons. The Morgan fingerprint density at radius 3 is 2.04 bits per heavy atom. The number of amides is 2. The molecule has 144 valence electrons. The summed E-state index contributed by atoms with van der Waals surface area (Å²) >= 11 is 0. The van der Waals surface area contributed by atoms with Crippen LogP contribution in [-0.2, 0) is 11.2 Å². The molecule has 1 rings (SSSR count). The Morgan fingerprint density at radius 1 is 1.00 bits per heavy atom. The zero-order valence-electron chi connectivity index (χ0n) is 16.4. The van der Waals surface area contributed by atoms with E-state index in [0.29, 0.717) is 25.2 Å². The molecule has 6 nitrogen and oxygen atoms in total. The van der Waals surface area contributed by atoms with Crippen LogP contribution >= 0.6 is 0 Å². The highest BCUT2D eigenvalue weighted by Crippen LogP contribution is 2.04. The topological polar surface area (TPSA) is 96.2 Å². The Labute approximate surface area is 152 Å². The smallest absolute Gasteiger partial charge is 0.251 e. The van der Waals surface area contributed by atoms with Crippen LogP contribution in [0, 0.1) is 0 Å². The molecule has 0 fully saturated rings. The standard InChI is InChI=1S/C11H16N2O.C6H14N2O.C2H6/c1-2-9-3-5-10(6-4-9)11(14)13-8-7-12;1-3-4-8-6(9)5-7-2;1-2/h3-6H,2,7-8,12H2,1H3,(H,13,14);7H,3-5H2,1-2H3,(H,8,9);1-2H3. The summed E-state index contributed by atoms with van der Waals surface area (Å²) in [6, 6.07) is 7.62. The van der Waals surface area contributed by atoms with Crippen molar-refractivity contribution in [2.45, 2.75) is 40.5 Å². The van der Waals surface area contributed by atoms with Crippen molar-refractivity contribution in [1.29, 1.82) is 0 Å². The third-order valence-electron chi connectivity index (χ3n) is 2.96. The number of aryl methyl sites for hydroxylation is 1. The molecule has 0 unspecified atom stereocenters. The monoisotopic (exact) mass is 352 g/mol. The zero-order valence-corrected chi connectivity index (χ0v) is 16.4. The number of carbonyl (C=O) groups is 2. The minimum atomic E-state index is -0.0573. The number of hydrogen-bond acceptors (Lipinski definition) is 4. The van der Waals surface area contributed by atoms with E-state index in [9.17, 15) is 9.59 Å². The molecule has 5 N–H and O–H groups in total. The number of carbonyl (C=O) groups excluding carboxylic acids is 2. The van der Waals surface area contributed by atoms with Crippen molar-refractivity contribution in [3.63, 3.8) is 0 Å². The van der Waals surface area contributed by atoms with E-state index in [1.807, 2.05) is 45.0 Å². The van der Waals surface area contributed by atoms with Gasteiger partial charge in [0, 0.05) is 25.2 Å². The van der Waals surface area contributed by atoms with Crippen LogP contribution < -0.4 is 21.7 Å². The second-order valence-corrected chi connectivity index (χ2v) is 4.98. The summed E-state index contributed by atoms with van der Waals surface area (Å²) < 4.78 is 0. The molecule has 0 spiro atoms. The fourth-order valence-electron chi connectivity index (χ4n) is 1.67. The molecule has 0 aliphatic rings. The maximum Gasteiger partial charge on any atom is 0.251 e. The maximum absolute atomic E-state index is 11.4. The summed E-state index contributed by atoms with van der Waals surface area (Å²) in [4.78, 5) is 22.1. The van der Waals surface area contributed by atoms with E-state index < -0.39 is 0 Å². The molecule has 0 heterocycles. The lowest BCUT2D eigenvalue weighted by molar-refractivity contribution is -0.120. The average Bonchev–Trinajstić information content (AvgIpc) is 2.67. The van der Waals surface area contributed by atoms with Crippen molar-refractivity contribution in [2.75, 3.05) is 33.2 Å². The molecule has 0 atom stereocenters. The highest BCUT2D eigenvalue weighted by Gasteiger charge is 2.02. The molecule has 0 aliphatic heterocycles. The average molecular weight is 353 g/mol.